The molecule has 0 bridgehead atoms. The average molecular weight is 323 g/mol. The molecule has 23 heavy (non-hydrogen) atoms. The first-order valence-corrected chi connectivity index (χ1v) is 7.79. The van der Waals surface area contributed by atoms with Gasteiger partial charge in [-0.1, -0.05) is 27.2 Å². The molecule has 128 valence electrons. The van der Waals surface area contributed by atoms with Crippen molar-refractivity contribution in [3.63, 3.8) is 0 Å². The fourth-order valence-electron chi connectivity index (χ4n) is 2.05. The molecule has 6 nitrogen and oxygen atoms in total. The van der Waals surface area contributed by atoms with Crippen molar-refractivity contribution in [2.45, 2.75) is 39.7 Å². The standard InChI is InChI=1S/C17H25NO5/c1-5-9-23-14-10-12(22-4)7-8-13(14)16(19)18-15(17(20)21)11(3)6-2/h7-8,10-11,15H,5-6,9H2,1-4H3,(H,18,19)(H,20,21). The third-order valence-electron chi connectivity index (χ3n) is 3.66. The molecule has 0 aliphatic heterocycles. The monoisotopic (exact) mass is 323 g/mol. The number of hydrogen-bond acceptors (Lipinski definition) is 4. The Hall–Kier alpha value is -2.24. The Kier molecular flexibility index (Phi) is 7.38. The Labute approximate surface area is 136 Å². The number of methoxy groups -OCH3 is 1. The van der Waals surface area contributed by atoms with Gasteiger partial charge in [-0.05, 0) is 24.5 Å². The second kappa shape index (κ2) is 9.02. The molecule has 0 heterocycles. The van der Waals surface area contributed by atoms with Crippen LogP contribution in [0.4, 0.5) is 0 Å². The van der Waals surface area contributed by atoms with E-state index in [1.807, 2.05) is 13.8 Å². The smallest absolute Gasteiger partial charge is 0.326 e. The number of aliphatic carboxylic acids is 1. The number of amides is 1. The highest BCUT2D eigenvalue weighted by atomic mass is 16.5. The molecule has 2 N–H and O–H groups in total. The molecule has 1 aromatic carbocycles. The van der Waals surface area contributed by atoms with Crippen molar-refractivity contribution in [1.82, 2.24) is 5.32 Å². The maximum absolute atomic E-state index is 12.5. The van der Waals surface area contributed by atoms with Crippen molar-refractivity contribution in [3.05, 3.63) is 23.8 Å². The summed E-state index contributed by atoms with van der Waals surface area (Å²) in [5.41, 5.74) is 0.300. The van der Waals surface area contributed by atoms with Crippen molar-refractivity contribution >= 4 is 11.9 Å². The maximum Gasteiger partial charge on any atom is 0.326 e. The van der Waals surface area contributed by atoms with E-state index < -0.39 is 17.9 Å². The number of hydrogen-bond donors (Lipinski definition) is 2. The van der Waals surface area contributed by atoms with Crippen molar-refractivity contribution in [3.8, 4) is 11.5 Å². The van der Waals surface area contributed by atoms with Crippen LogP contribution < -0.4 is 14.8 Å². The number of nitrogens with one attached hydrogen (secondary N) is 1. The van der Waals surface area contributed by atoms with Gasteiger partial charge in [0.1, 0.15) is 17.5 Å². The van der Waals surface area contributed by atoms with E-state index in [1.165, 1.54) is 7.11 Å². The van der Waals surface area contributed by atoms with Crippen LogP contribution in [0.1, 0.15) is 44.0 Å². The van der Waals surface area contributed by atoms with Crippen LogP contribution in [0.5, 0.6) is 11.5 Å². The molecule has 0 radical (unpaired) electrons. The Balaban J connectivity index is 3.03. The van der Waals surface area contributed by atoms with Crippen LogP contribution in [0.3, 0.4) is 0 Å². The summed E-state index contributed by atoms with van der Waals surface area (Å²) < 4.78 is 10.7. The fraction of sp³-hybridized carbons (Fsp3) is 0.529. The third-order valence-corrected chi connectivity index (χ3v) is 3.66. The van der Waals surface area contributed by atoms with Crippen molar-refractivity contribution < 1.29 is 24.2 Å². The molecule has 0 aromatic heterocycles. The van der Waals surface area contributed by atoms with E-state index in [1.54, 1.807) is 25.1 Å². The van der Waals surface area contributed by atoms with Gasteiger partial charge in [-0.25, -0.2) is 4.79 Å². The number of benzene rings is 1. The number of carboxylic acids is 1. The lowest BCUT2D eigenvalue weighted by Gasteiger charge is -2.21. The number of carboxylic acid groups (broad SMARTS) is 1. The summed E-state index contributed by atoms with van der Waals surface area (Å²) in [6.07, 6.45) is 1.45. The first-order valence-electron chi connectivity index (χ1n) is 7.79. The minimum atomic E-state index is -1.04. The van der Waals surface area contributed by atoms with Crippen LogP contribution >= 0.6 is 0 Å². The van der Waals surface area contributed by atoms with Crippen LogP contribution in [0.2, 0.25) is 0 Å². The van der Waals surface area contributed by atoms with E-state index in [-0.39, 0.29) is 5.92 Å². The Morgan fingerprint density at radius 1 is 1.30 bits per heavy atom. The molecular formula is C17H25NO5. The molecule has 0 aliphatic carbocycles. The fourth-order valence-corrected chi connectivity index (χ4v) is 2.05. The van der Waals surface area contributed by atoms with Gasteiger partial charge in [0, 0.05) is 6.07 Å². The predicted octanol–water partition coefficient (Wildman–Crippen LogP) is 2.71. The molecule has 0 spiro atoms. The SMILES string of the molecule is CCCOc1cc(OC)ccc1C(=O)NC(C(=O)O)C(C)CC. The van der Waals surface area contributed by atoms with Gasteiger partial charge in [-0.15, -0.1) is 0 Å². The first kappa shape index (κ1) is 18.8. The van der Waals surface area contributed by atoms with Crippen molar-refractivity contribution in [1.29, 1.82) is 0 Å². The molecule has 0 saturated carbocycles. The maximum atomic E-state index is 12.5. The van der Waals surface area contributed by atoms with Crippen molar-refractivity contribution in [2.24, 2.45) is 5.92 Å². The van der Waals surface area contributed by atoms with Gasteiger partial charge < -0.3 is 19.9 Å². The van der Waals surface area contributed by atoms with E-state index in [4.69, 9.17) is 9.47 Å². The van der Waals surface area contributed by atoms with E-state index in [9.17, 15) is 14.7 Å². The summed E-state index contributed by atoms with van der Waals surface area (Å²) in [5.74, 6) is -0.722. The lowest BCUT2D eigenvalue weighted by molar-refractivity contribution is -0.140. The molecule has 0 saturated heterocycles. The number of carbonyl (C=O) groups excluding carboxylic acids is 1. The number of rotatable bonds is 9. The van der Waals surface area contributed by atoms with E-state index >= 15 is 0 Å². The molecule has 1 rings (SSSR count). The van der Waals surface area contributed by atoms with Crippen LogP contribution in [-0.2, 0) is 4.79 Å². The normalized spacial score (nSPS) is 13.0. The molecule has 2 atom stereocenters. The van der Waals surface area contributed by atoms with Crippen LogP contribution in [0.15, 0.2) is 18.2 Å². The Morgan fingerprint density at radius 2 is 2.00 bits per heavy atom. The molecule has 6 heteroatoms. The number of ether oxygens (including phenoxy) is 2. The summed E-state index contributed by atoms with van der Waals surface area (Å²) in [7, 11) is 1.53. The van der Waals surface area contributed by atoms with Crippen LogP contribution in [0.25, 0.3) is 0 Å². The minimum absolute atomic E-state index is 0.172. The second-order valence-corrected chi connectivity index (χ2v) is 5.39. The van der Waals surface area contributed by atoms with Crippen molar-refractivity contribution in [2.75, 3.05) is 13.7 Å². The zero-order valence-electron chi connectivity index (χ0n) is 14.1. The lowest BCUT2D eigenvalue weighted by atomic mass is 9.99. The summed E-state index contributed by atoms with van der Waals surface area (Å²) in [4.78, 5) is 23.8. The minimum Gasteiger partial charge on any atom is -0.497 e. The number of carbonyl (C=O) groups is 2. The summed E-state index contributed by atoms with van der Waals surface area (Å²) in [5, 5.41) is 11.9. The average Bonchev–Trinajstić information content (AvgIpc) is 2.56. The quantitative estimate of drug-likeness (QED) is 0.730. The van der Waals surface area contributed by atoms with E-state index in [2.05, 4.69) is 5.32 Å². The van der Waals surface area contributed by atoms with E-state index in [0.717, 1.165) is 6.42 Å². The predicted molar refractivity (Wildman–Crippen MR) is 87.1 cm³/mol. The largest absolute Gasteiger partial charge is 0.497 e. The molecule has 0 fully saturated rings. The summed E-state index contributed by atoms with van der Waals surface area (Å²) >= 11 is 0. The molecule has 1 amide bonds. The van der Waals surface area contributed by atoms with Gasteiger partial charge in [-0.3, -0.25) is 4.79 Å². The van der Waals surface area contributed by atoms with Gasteiger partial charge in [0.15, 0.2) is 0 Å². The molecule has 0 aliphatic rings. The highest BCUT2D eigenvalue weighted by Crippen LogP contribution is 2.25. The third kappa shape index (κ3) is 5.16. The Bertz CT molecular complexity index is 544. The van der Waals surface area contributed by atoms with Gasteiger partial charge in [-0.2, -0.15) is 0 Å². The zero-order valence-corrected chi connectivity index (χ0v) is 14.1. The zero-order chi connectivity index (χ0) is 17.4. The van der Waals surface area contributed by atoms with Crippen LogP contribution in [-0.4, -0.2) is 36.7 Å². The summed E-state index contributed by atoms with van der Waals surface area (Å²) in [6, 6.07) is 3.92. The lowest BCUT2D eigenvalue weighted by Crippen LogP contribution is -2.45. The molecular weight excluding hydrogens is 298 g/mol. The summed E-state index contributed by atoms with van der Waals surface area (Å²) in [6.45, 7) is 6.10. The van der Waals surface area contributed by atoms with Gasteiger partial charge in [0.2, 0.25) is 0 Å². The Morgan fingerprint density at radius 3 is 2.52 bits per heavy atom. The van der Waals surface area contributed by atoms with Crippen LogP contribution in [0, 0.1) is 5.92 Å². The second-order valence-electron chi connectivity index (χ2n) is 5.39. The topological polar surface area (TPSA) is 84.9 Å². The van der Waals surface area contributed by atoms with E-state index in [0.29, 0.717) is 30.1 Å². The van der Waals surface area contributed by atoms with Gasteiger partial charge in [0.25, 0.3) is 5.91 Å². The highest BCUT2D eigenvalue weighted by molar-refractivity contribution is 5.99. The van der Waals surface area contributed by atoms with Gasteiger partial charge in [0.05, 0.1) is 19.3 Å². The molecule has 1 aromatic rings. The molecule has 2 unspecified atom stereocenters. The highest BCUT2D eigenvalue weighted by Gasteiger charge is 2.27. The van der Waals surface area contributed by atoms with Gasteiger partial charge >= 0.3 is 5.97 Å². The first-order chi connectivity index (χ1) is 10.9.